The van der Waals surface area contributed by atoms with Gasteiger partial charge in [0.2, 0.25) is 5.91 Å². The van der Waals surface area contributed by atoms with Gasteiger partial charge in [0.15, 0.2) is 0 Å². The highest BCUT2D eigenvalue weighted by Gasteiger charge is 2.24. The molecule has 27 heavy (non-hydrogen) atoms. The van der Waals surface area contributed by atoms with Crippen LogP contribution in [0.3, 0.4) is 0 Å². The number of amides is 3. The lowest BCUT2D eigenvalue weighted by Gasteiger charge is -2.15. The maximum atomic E-state index is 13.4. The van der Waals surface area contributed by atoms with Gasteiger partial charge in [-0.15, -0.1) is 0 Å². The molecule has 0 spiro atoms. The van der Waals surface area contributed by atoms with E-state index in [0.29, 0.717) is 0 Å². The van der Waals surface area contributed by atoms with Gasteiger partial charge in [-0.05, 0) is 66.8 Å². The van der Waals surface area contributed by atoms with Crippen LogP contribution < -0.4 is 16.0 Å². The highest BCUT2D eigenvalue weighted by atomic mass is 79.9. The largest absolute Gasteiger partial charge is 0.338 e. The van der Waals surface area contributed by atoms with Gasteiger partial charge in [0.25, 0.3) is 0 Å². The van der Waals surface area contributed by atoms with E-state index in [9.17, 15) is 14.0 Å². The van der Waals surface area contributed by atoms with Crippen molar-refractivity contribution >= 4 is 33.6 Å². The molecule has 0 fully saturated rings. The first kappa shape index (κ1) is 19.4. The van der Waals surface area contributed by atoms with E-state index in [1.54, 1.807) is 6.07 Å². The lowest BCUT2D eigenvalue weighted by molar-refractivity contribution is -0.116. The van der Waals surface area contributed by atoms with Crippen molar-refractivity contribution in [3.8, 4) is 0 Å². The van der Waals surface area contributed by atoms with Gasteiger partial charge in [0.1, 0.15) is 5.82 Å². The molecule has 1 atom stereocenters. The van der Waals surface area contributed by atoms with E-state index in [1.165, 1.54) is 12.1 Å². The van der Waals surface area contributed by atoms with Crippen LogP contribution in [0.1, 0.15) is 35.6 Å². The number of anilines is 1. The average Bonchev–Trinajstić information content (AvgIpc) is 2.99. The van der Waals surface area contributed by atoms with Crippen molar-refractivity contribution in [3.63, 3.8) is 0 Å². The van der Waals surface area contributed by atoms with E-state index in [2.05, 4.69) is 31.9 Å². The molecule has 0 aromatic heterocycles. The Morgan fingerprint density at radius 1 is 1.22 bits per heavy atom. The number of fused-ring (bicyclic) bond motifs is 1. The molecule has 1 aliphatic rings. The molecule has 0 saturated heterocycles. The van der Waals surface area contributed by atoms with E-state index < -0.39 is 0 Å². The molecule has 0 saturated carbocycles. The number of halogens is 2. The van der Waals surface area contributed by atoms with E-state index in [-0.39, 0.29) is 36.8 Å². The summed E-state index contributed by atoms with van der Waals surface area (Å²) in [5, 5.41) is 8.36. The van der Waals surface area contributed by atoms with Crippen LogP contribution >= 0.6 is 15.9 Å². The summed E-state index contributed by atoms with van der Waals surface area (Å²) < 4.78 is 14.4. The number of rotatable bonds is 5. The molecule has 5 nitrogen and oxygen atoms in total. The molecule has 0 aliphatic heterocycles. The molecular formula is C20H21BrFN3O2. The zero-order valence-corrected chi connectivity index (χ0v) is 16.5. The molecular weight excluding hydrogens is 413 g/mol. The molecule has 1 unspecified atom stereocenters. The summed E-state index contributed by atoms with van der Waals surface area (Å²) in [4.78, 5) is 24.1. The SMILES string of the molecule is Cc1cc(Br)ccc1NC(=O)CCNC(=O)NC1CCc2ccc(F)cc21. The Bertz CT molecular complexity index is 872. The number of aryl methyl sites for hydroxylation is 2. The third kappa shape index (κ3) is 5.07. The number of hydrogen-bond donors (Lipinski definition) is 3. The van der Waals surface area contributed by atoms with E-state index in [1.807, 2.05) is 25.1 Å². The molecule has 3 rings (SSSR count). The van der Waals surface area contributed by atoms with Crippen molar-refractivity contribution in [1.82, 2.24) is 10.6 Å². The molecule has 2 aromatic rings. The Balaban J connectivity index is 1.44. The van der Waals surface area contributed by atoms with E-state index in [0.717, 1.165) is 39.7 Å². The minimum Gasteiger partial charge on any atom is -0.338 e. The third-order valence-corrected chi connectivity index (χ3v) is 5.08. The molecule has 3 amide bonds. The second kappa shape index (κ2) is 8.52. The van der Waals surface area contributed by atoms with Crippen molar-refractivity contribution in [1.29, 1.82) is 0 Å². The second-order valence-electron chi connectivity index (χ2n) is 6.59. The van der Waals surface area contributed by atoms with Gasteiger partial charge in [0.05, 0.1) is 6.04 Å². The monoisotopic (exact) mass is 433 g/mol. The Hall–Kier alpha value is -2.41. The fourth-order valence-electron chi connectivity index (χ4n) is 3.20. The Labute approximate surface area is 165 Å². The van der Waals surface area contributed by atoms with Crippen LogP contribution in [0.4, 0.5) is 14.9 Å². The topological polar surface area (TPSA) is 70.2 Å². The summed E-state index contributed by atoms with van der Waals surface area (Å²) in [7, 11) is 0. The fourth-order valence-corrected chi connectivity index (χ4v) is 3.68. The van der Waals surface area contributed by atoms with Gasteiger partial charge in [-0.1, -0.05) is 22.0 Å². The van der Waals surface area contributed by atoms with Crippen molar-refractivity contribution < 1.29 is 14.0 Å². The number of nitrogens with one attached hydrogen (secondary N) is 3. The standard InChI is InChI=1S/C20H21BrFN3O2/c1-12-10-14(21)4-7-17(12)24-19(26)8-9-23-20(27)25-18-6-3-13-2-5-15(22)11-16(13)18/h2,4-5,7,10-11,18H,3,6,8-9H2,1H3,(H,24,26)(H2,23,25,27). The fraction of sp³-hybridized carbons (Fsp3) is 0.300. The van der Waals surface area contributed by atoms with Gasteiger partial charge in [-0.3, -0.25) is 4.79 Å². The summed E-state index contributed by atoms with van der Waals surface area (Å²) in [6, 6.07) is 9.72. The van der Waals surface area contributed by atoms with Crippen molar-refractivity contribution in [2.24, 2.45) is 0 Å². The highest BCUT2D eigenvalue weighted by molar-refractivity contribution is 9.10. The smallest absolute Gasteiger partial charge is 0.315 e. The predicted molar refractivity (Wildman–Crippen MR) is 106 cm³/mol. The van der Waals surface area contributed by atoms with E-state index >= 15 is 0 Å². The first-order valence-electron chi connectivity index (χ1n) is 8.81. The molecule has 3 N–H and O–H groups in total. The summed E-state index contributed by atoms with van der Waals surface area (Å²) in [6.07, 6.45) is 1.73. The molecule has 1 aliphatic carbocycles. The summed E-state index contributed by atoms with van der Waals surface area (Å²) in [5.74, 6) is -0.475. The van der Waals surface area contributed by atoms with Gasteiger partial charge in [-0.2, -0.15) is 0 Å². The van der Waals surface area contributed by atoms with Crippen LogP contribution in [-0.4, -0.2) is 18.5 Å². The molecule has 7 heteroatoms. The maximum Gasteiger partial charge on any atom is 0.315 e. The number of carbonyl (C=O) groups excluding carboxylic acids is 2. The average molecular weight is 434 g/mol. The number of carbonyl (C=O) groups is 2. The quantitative estimate of drug-likeness (QED) is 0.660. The number of hydrogen-bond acceptors (Lipinski definition) is 2. The summed E-state index contributed by atoms with van der Waals surface area (Å²) >= 11 is 3.38. The molecule has 142 valence electrons. The summed E-state index contributed by atoms with van der Waals surface area (Å²) in [5.41, 5.74) is 3.59. The maximum absolute atomic E-state index is 13.4. The number of urea groups is 1. The lowest BCUT2D eigenvalue weighted by Crippen LogP contribution is -2.38. The predicted octanol–water partition coefficient (Wildman–Crippen LogP) is 4.21. The Kier molecular flexibility index (Phi) is 6.11. The van der Waals surface area contributed by atoms with Crippen molar-refractivity contribution in [3.05, 3.63) is 63.4 Å². The minimum atomic E-state index is -0.357. The van der Waals surface area contributed by atoms with Crippen LogP contribution in [0.5, 0.6) is 0 Å². The molecule has 0 heterocycles. The van der Waals surface area contributed by atoms with Crippen LogP contribution in [0.15, 0.2) is 40.9 Å². The summed E-state index contributed by atoms with van der Waals surface area (Å²) in [6.45, 7) is 2.13. The Morgan fingerprint density at radius 2 is 2.04 bits per heavy atom. The normalized spacial score (nSPS) is 15.1. The first-order chi connectivity index (χ1) is 12.9. The van der Waals surface area contributed by atoms with Crippen LogP contribution in [0, 0.1) is 12.7 Å². The van der Waals surface area contributed by atoms with Crippen molar-refractivity contribution in [2.75, 3.05) is 11.9 Å². The van der Waals surface area contributed by atoms with Crippen molar-refractivity contribution in [2.45, 2.75) is 32.2 Å². The molecule has 0 bridgehead atoms. The highest BCUT2D eigenvalue weighted by Crippen LogP contribution is 2.31. The Morgan fingerprint density at radius 3 is 2.81 bits per heavy atom. The van der Waals surface area contributed by atoms with Gasteiger partial charge < -0.3 is 16.0 Å². The first-order valence-corrected chi connectivity index (χ1v) is 9.60. The van der Waals surface area contributed by atoms with Crippen LogP contribution in [0.25, 0.3) is 0 Å². The lowest BCUT2D eigenvalue weighted by atomic mass is 10.1. The van der Waals surface area contributed by atoms with Crippen LogP contribution in [-0.2, 0) is 11.2 Å². The van der Waals surface area contributed by atoms with Crippen LogP contribution in [0.2, 0.25) is 0 Å². The zero-order chi connectivity index (χ0) is 19.4. The van der Waals surface area contributed by atoms with Gasteiger partial charge in [-0.25, -0.2) is 9.18 Å². The molecule has 2 aromatic carbocycles. The van der Waals surface area contributed by atoms with E-state index in [4.69, 9.17) is 0 Å². The third-order valence-electron chi connectivity index (χ3n) is 4.59. The molecule has 0 radical (unpaired) electrons. The minimum absolute atomic E-state index is 0.165. The van der Waals surface area contributed by atoms with Gasteiger partial charge in [0, 0.05) is 23.1 Å². The second-order valence-corrected chi connectivity index (χ2v) is 7.51. The zero-order valence-electron chi connectivity index (χ0n) is 14.9. The number of benzene rings is 2. The van der Waals surface area contributed by atoms with Gasteiger partial charge >= 0.3 is 6.03 Å².